The van der Waals surface area contributed by atoms with Crippen LogP contribution >= 0.6 is 0 Å². The molecule has 0 heterocycles. The highest BCUT2D eigenvalue weighted by Gasteiger charge is 2.20. The van der Waals surface area contributed by atoms with Crippen molar-refractivity contribution in [2.45, 2.75) is 296 Å². The second-order valence-corrected chi connectivity index (χ2v) is 16.9. The molecule has 0 rings (SSSR count). The van der Waals surface area contributed by atoms with Crippen LogP contribution in [0.4, 0.5) is 0 Å². The summed E-state index contributed by atoms with van der Waals surface area (Å²) in [6.45, 7) is 4.38. The quantitative estimate of drug-likeness (QED) is 0.0545. The van der Waals surface area contributed by atoms with Crippen LogP contribution in [0.1, 0.15) is 284 Å². The fourth-order valence-corrected chi connectivity index (χ4v) is 7.89. The van der Waals surface area contributed by atoms with Crippen molar-refractivity contribution in [3.63, 3.8) is 0 Å². The van der Waals surface area contributed by atoms with Crippen LogP contribution in [0.3, 0.4) is 0 Å². The molecule has 4 heteroatoms. The molecule has 2 unspecified atom stereocenters. The van der Waals surface area contributed by atoms with E-state index in [4.69, 9.17) is 0 Å². The third kappa shape index (κ3) is 40.6. The van der Waals surface area contributed by atoms with Gasteiger partial charge in [0.1, 0.15) is 0 Å². The molecule has 0 fully saturated rings. The van der Waals surface area contributed by atoms with Gasteiger partial charge in [0.2, 0.25) is 5.91 Å². The van der Waals surface area contributed by atoms with Gasteiger partial charge in [-0.05, 0) is 12.8 Å². The van der Waals surface area contributed by atoms with E-state index in [0.29, 0.717) is 12.8 Å². The topological polar surface area (TPSA) is 69.6 Å². The molecule has 0 aliphatic carbocycles. The summed E-state index contributed by atoms with van der Waals surface area (Å²) in [6, 6.07) is -0.529. The zero-order chi connectivity index (χ0) is 37.8. The predicted molar refractivity (Wildman–Crippen MR) is 230 cm³/mol. The van der Waals surface area contributed by atoms with Gasteiger partial charge in [-0.25, -0.2) is 0 Å². The van der Waals surface area contributed by atoms with Crippen molar-refractivity contribution >= 4 is 5.91 Å². The Bertz CT molecular complexity index is 670. The zero-order valence-electron chi connectivity index (χ0n) is 35.9. The Morgan fingerprint density at radius 2 is 0.615 bits per heavy atom. The molecule has 0 saturated carbocycles. The molecular formula is C48H97NO3. The summed E-state index contributed by atoms with van der Waals surface area (Å²) in [6.07, 6.45) is 54.9. The third-order valence-corrected chi connectivity index (χ3v) is 11.6. The summed E-state index contributed by atoms with van der Waals surface area (Å²) < 4.78 is 0. The number of aliphatic hydroxyl groups is 2. The van der Waals surface area contributed by atoms with Gasteiger partial charge in [-0.15, -0.1) is 0 Å². The number of hydrogen-bond donors (Lipinski definition) is 3. The molecule has 0 bridgehead atoms. The third-order valence-electron chi connectivity index (χ3n) is 11.6. The number of aliphatic hydroxyl groups excluding tert-OH is 2. The van der Waals surface area contributed by atoms with E-state index in [1.165, 1.54) is 231 Å². The molecule has 4 nitrogen and oxygen atoms in total. The van der Waals surface area contributed by atoms with Gasteiger partial charge in [0, 0.05) is 6.42 Å². The smallest absolute Gasteiger partial charge is 0.220 e. The van der Waals surface area contributed by atoms with Crippen LogP contribution in [-0.4, -0.2) is 34.9 Å². The molecule has 0 aromatic carbocycles. The van der Waals surface area contributed by atoms with E-state index in [-0.39, 0.29) is 12.5 Å². The number of rotatable bonds is 45. The van der Waals surface area contributed by atoms with Crippen molar-refractivity contribution in [3.05, 3.63) is 0 Å². The van der Waals surface area contributed by atoms with Crippen molar-refractivity contribution in [2.75, 3.05) is 6.61 Å². The Morgan fingerprint density at radius 1 is 0.385 bits per heavy atom. The molecule has 0 spiro atoms. The van der Waals surface area contributed by atoms with E-state index >= 15 is 0 Å². The fraction of sp³-hybridized carbons (Fsp3) is 0.979. The molecule has 1 amide bonds. The van der Waals surface area contributed by atoms with Crippen LogP contribution < -0.4 is 5.32 Å². The van der Waals surface area contributed by atoms with Crippen molar-refractivity contribution in [3.8, 4) is 0 Å². The van der Waals surface area contributed by atoms with Gasteiger partial charge in [0.25, 0.3) is 0 Å². The summed E-state index contributed by atoms with van der Waals surface area (Å²) in [4.78, 5) is 12.4. The predicted octanol–water partition coefficient (Wildman–Crippen LogP) is 15.2. The standard InChI is InChI=1S/C48H97NO3/c1-3-5-7-9-11-13-15-17-18-19-20-21-22-23-24-25-26-27-28-29-30-31-32-34-36-38-40-42-44-48(52)49-46(45-50)47(51)43-41-39-37-35-33-16-14-12-10-8-6-4-2/h46-47,50-51H,3-45H2,1-2H3,(H,49,52). The largest absolute Gasteiger partial charge is 0.394 e. The van der Waals surface area contributed by atoms with Gasteiger partial charge in [0.15, 0.2) is 0 Å². The van der Waals surface area contributed by atoms with E-state index in [9.17, 15) is 15.0 Å². The van der Waals surface area contributed by atoms with E-state index in [2.05, 4.69) is 19.2 Å². The summed E-state index contributed by atoms with van der Waals surface area (Å²) in [5.74, 6) is -0.0254. The van der Waals surface area contributed by atoms with Gasteiger partial charge in [-0.3, -0.25) is 4.79 Å². The highest BCUT2D eigenvalue weighted by Crippen LogP contribution is 2.17. The van der Waals surface area contributed by atoms with E-state index in [0.717, 1.165) is 25.7 Å². The second-order valence-electron chi connectivity index (χ2n) is 16.9. The lowest BCUT2D eigenvalue weighted by atomic mass is 10.0. The highest BCUT2D eigenvalue weighted by atomic mass is 16.3. The van der Waals surface area contributed by atoms with Crippen LogP contribution in [0.2, 0.25) is 0 Å². The minimum Gasteiger partial charge on any atom is -0.394 e. The maximum absolute atomic E-state index is 12.4. The molecule has 0 aromatic rings. The SMILES string of the molecule is CCCCCCCCCCCCCCCCCCCCCCCCCCCCCCC(=O)NC(CO)C(O)CCCCCCCCCCCCCC. The van der Waals surface area contributed by atoms with Crippen molar-refractivity contribution in [2.24, 2.45) is 0 Å². The Hall–Kier alpha value is -0.610. The average molecular weight is 736 g/mol. The Balaban J connectivity index is 3.38. The van der Waals surface area contributed by atoms with Gasteiger partial charge in [-0.1, -0.05) is 264 Å². The Labute approximate surface area is 327 Å². The number of carbonyl (C=O) groups excluding carboxylic acids is 1. The maximum atomic E-state index is 12.4. The lowest BCUT2D eigenvalue weighted by molar-refractivity contribution is -0.123. The van der Waals surface area contributed by atoms with Gasteiger partial charge in [0.05, 0.1) is 18.8 Å². The molecule has 0 radical (unpaired) electrons. The number of amides is 1. The lowest BCUT2D eigenvalue weighted by Crippen LogP contribution is -2.45. The molecule has 2 atom stereocenters. The molecule has 0 aromatic heterocycles. The monoisotopic (exact) mass is 736 g/mol. The first-order valence-corrected chi connectivity index (χ1v) is 24.2. The molecular weight excluding hydrogens is 639 g/mol. The molecule has 52 heavy (non-hydrogen) atoms. The average Bonchev–Trinajstić information content (AvgIpc) is 3.15. The lowest BCUT2D eigenvalue weighted by Gasteiger charge is -2.22. The summed E-state index contributed by atoms with van der Waals surface area (Å²) in [5.41, 5.74) is 0. The summed E-state index contributed by atoms with van der Waals surface area (Å²) >= 11 is 0. The van der Waals surface area contributed by atoms with Crippen LogP contribution in [0, 0.1) is 0 Å². The number of carbonyl (C=O) groups is 1. The number of nitrogens with one attached hydrogen (secondary N) is 1. The highest BCUT2D eigenvalue weighted by molar-refractivity contribution is 5.76. The van der Waals surface area contributed by atoms with Crippen molar-refractivity contribution in [1.29, 1.82) is 0 Å². The summed E-state index contributed by atoms with van der Waals surface area (Å²) in [7, 11) is 0. The van der Waals surface area contributed by atoms with Crippen molar-refractivity contribution < 1.29 is 15.0 Å². The van der Waals surface area contributed by atoms with Crippen LogP contribution in [0.15, 0.2) is 0 Å². The normalized spacial score (nSPS) is 12.8. The van der Waals surface area contributed by atoms with E-state index in [1.54, 1.807) is 0 Å². The molecule has 0 aliphatic rings. The molecule has 0 saturated heterocycles. The van der Waals surface area contributed by atoms with Crippen molar-refractivity contribution in [1.82, 2.24) is 5.32 Å². The number of hydrogen-bond acceptors (Lipinski definition) is 3. The second kappa shape index (κ2) is 44.8. The first-order chi connectivity index (χ1) is 25.7. The zero-order valence-corrected chi connectivity index (χ0v) is 35.9. The van der Waals surface area contributed by atoms with E-state index in [1.807, 2.05) is 0 Å². The maximum Gasteiger partial charge on any atom is 0.220 e. The Kier molecular flexibility index (Phi) is 44.3. The van der Waals surface area contributed by atoms with Crippen LogP contribution in [0.25, 0.3) is 0 Å². The molecule has 3 N–H and O–H groups in total. The van der Waals surface area contributed by atoms with Crippen LogP contribution in [0.5, 0.6) is 0 Å². The van der Waals surface area contributed by atoms with Gasteiger partial charge < -0.3 is 15.5 Å². The minimum atomic E-state index is -0.652. The van der Waals surface area contributed by atoms with Gasteiger partial charge in [-0.2, -0.15) is 0 Å². The van der Waals surface area contributed by atoms with Gasteiger partial charge >= 0.3 is 0 Å². The first kappa shape index (κ1) is 51.4. The molecule has 312 valence electrons. The summed E-state index contributed by atoms with van der Waals surface area (Å²) in [5, 5.41) is 23.2. The van der Waals surface area contributed by atoms with Crippen LogP contribution in [-0.2, 0) is 4.79 Å². The van der Waals surface area contributed by atoms with E-state index < -0.39 is 12.1 Å². The minimum absolute atomic E-state index is 0.0254. The first-order valence-electron chi connectivity index (χ1n) is 24.2. The number of unbranched alkanes of at least 4 members (excludes halogenated alkanes) is 38. The molecule has 0 aliphatic heterocycles. The Morgan fingerprint density at radius 3 is 0.865 bits per heavy atom. The fourth-order valence-electron chi connectivity index (χ4n) is 7.89.